The van der Waals surface area contributed by atoms with Crippen molar-refractivity contribution >= 4 is 17.5 Å². The minimum Gasteiger partial charge on any atom is -0.340 e. The van der Waals surface area contributed by atoms with E-state index in [-0.39, 0.29) is 24.8 Å². The number of aryl methyl sites for hydroxylation is 2. The molecule has 0 aliphatic carbocycles. The van der Waals surface area contributed by atoms with Crippen molar-refractivity contribution in [2.75, 3.05) is 38.0 Å². The molecule has 3 rings (SSSR count). The molecule has 31 heavy (non-hydrogen) atoms. The summed E-state index contributed by atoms with van der Waals surface area (Å²) in [5, 5.41) is 2.96. The second-order valence-electron chi connectivity index (χ2n) is 7.85. The maximum absolute atomic E-state index is 12.9. The Kier molecular flexibility index (Phi) is 7.00. The Morgan fingerprint density at radius 1 is 0.968 bits per heavy atom. The molecule has 0 bridgehead atoms. The zero-order chi connectivity index (χ0) is 22.6. The molecular weight excluding hydrogens is 407 g/mol. The number of halogens is 3. The fraction of sp³-hybridized carbons (Fsp3) is 0.391. The largest absolute Gasteiger partial charge is 0.416 e. The van der Waals surface area contributed by atoms with Crippen molar-refractivity contribution in [3.8, 4) is 0 Å². The predicted molar refractivity (Wildman–Crippen MR) is 113 cm³/mol. The van der Waals surface area contributed by atoms with Gasteiger partial charge in [0, 0.05) is 31.9 Å². The number of nitrogens with zero attached hydrogens (tertiary/aromatic N) is 2. The smallest absolute Gasteiger partial charge is 0.340 e. The third kappa shape index (κ3) is 6.07. The molecule has 0 unspecified atom stereocenters. The van der Waals surface area contributed by atoms with E-state index in [9.17, 15) is 22.8 Å². The van der Waals surface area contributed by atoms with Crippen molar-refractivity contribution in [3.63, 3.8) is 0 Å². The summed E-state index contributed by atoms with van der Waals surface area (Å²) in [6, 6.07) is 10.7. The highest BCUT2D eigenvalue weighted by Crippen LogP contribution is 2.29. The molecule has 0 aromatic heterocycles. The van der Waals surface area contributed by atoms with Gasteiger partial charge in [-0.15, -0.1) is 0 Å². The Bertz CT molecular complexity index is 931. The highest BCUT2D eigenvalue weighted by Gasteiger charge is 2.30. The van der Waals surface area contributed by atoms with Crippen LogP contribution in [0.4, 0.5) is 18.9 Å². The third-order valence-corrected chi connectivity index (χ3v) is 5.45. The molecule has 2 aromatic carbocycles. The summed E-state index contributed by atoms with van der Waals surface area (Å²) in [5.74, 6) is -0.319. The third-order valence-electron chi connectivity index (χ3n) is 5.45. The van der Waals surface area contributed by atoms with E-state index in [1.54, 1.807) is 4.90 Å². The molecule has 1 N–H and O–H groups in total. The van der Waals surface area contributed by atoms with Crippen molar-refractivity contribution in [1.82, 2.24) is 9.80 Å². The molecule has 0 spiro atoms. The van der Waals surface area contributed by atoms with Crippen LogP contribution < -0.4 is 5.32 Å². The van der Waals surface area contributed by atoms with E-state index in [0.717, 1.165) is 28.9 Å². The monoisotopic (exact) mass is 433 g/mol. The van der Waals surface area contributed by atoms with Gasteiger partial charge >= 0.3 is 6.18 Å². The second kappa shape index (κ2) is 9.51. The van der Waals surface area contributed by atoms with Crippen LogP contribution in [0.3, 0.4) is 0 Å². The van der Waals surface area contributed by atoms with Crippen LogP contribution in [0, 0.1) is 13.8 Å². The van der Waals surface area contributed by atoms with Crippen LogP contribution in [0.2, 0.25) is 0 Å². The summed E-state index contributed by atoms with van der Waals surface area (Å²) >= 11 is 0. The first kappa shape index (κ1) is 22.8. The number of hydrogen-bond donors (Lipinski definition) is 1. The molecule has 0 radical (unpaired) electrons. The lowest BCUT2D eigenvalue weighted by Gasteiger charge is -2.34. The summed E-state index contributed by atoms with van der Waals surface area (Å²) in [7, 11) is 0. The molecule has 1 aliphatic rings. The van der Waals surface area contributed by atoms with Crippen molar-refractivity contribution in [2.24, 2.45) is 0 Å². The first-order valence-electron chi connectivity index (χ1n) is 10.2. The van der Waals surface area contributed by atoms with Crippen LogP contribution in [-0.4, -0.2) is 54.3 Å². The molecule has 1 aliphatic heterocycles. The summed E-state index contributed by atoms with van der Waals surface area (Å²) < 4.78 is 38.6. The van der Waals surface area contributed by atoms with E-state index in [4.69, 9.17) is 0 Å². The average molecular weight is 433 g/mol. The molecule has 0 atom stereocenters. The lowest BCUT2D eigenvalue weighted by Crippen LogP contribution is -2.50. The highest BCUT2D eigenvalue weighted by atomic mass is 19.4. The van der Waals surface area contributed by atoms with Crippen LogP contribution in [0.25, 0.3) is 0 Å². The van der Waals surface area contributed by atoms with E-state index >= 15 is 0 Å². The first-order valence-corrected chi connectivity index (χ1v) is 10.2. The SMILES string of the molecule is Cc1cccc(C)c1NC(=O)CN1CCN(C(=O)Cc2cccc(C(F)(F)F)c2)CC1. The number of para-hydroxylation sites is 1. The van der Waals surface area contributed by atoms with Crippen molar-refractivity contribution in [1.29, 1.82) is 0 Å². The molecule has 2 amide bonds. The van der Waals surface area contributed by atoms with Gasteiger partial charge in [0.2, 0.25) is 11.8 Å². The maximum Gasteiger partial charge on any atom is 0.416 e. The highest BCUT2D eigenvalue weighted by molar-refractivity contribution is 5.93. The molecule has 8 heteroatoms. The standard InChI is InChI=1S/C23H26F3N3O2/c1-16-5-3-6-17(2)22(16)27-20(30)15-28-9-11-29(12-10-28)21(31)14-18-7-4-8-19(13-18)23(24,25)26/h3-8,13H,9-12,14-15H2,1-2H3,(H,27,30). The fourth-order valence-electron chi connectivity index (χ4n) is 3.69. The topological polar surface area (TPSA) is 52.7 Å². The molecule has 5 nitrogen and oxygen atoms in total. The van der Waals surface area contributed by atoms with Gasteiger partial charge < -0.3 is 10.2 Å². The Labute approximate surface area is 179 Å². The van der Waals surface area contributed by atoms with Gasteiger partial charge in [-0.05, 0) is 36.6 Å². The predicted octanol–water partition coefficient (Wildman–Crippen LogP) is 3.65. The lowest BCUT2D eigenvalue weighted by molar-refractivity contribution is -0.138. The maximum atomic E-state index is 12.9. The quantitative estimate of drug-likeness (QED) is 0.783. The number of carbonyl (C=O) groups is 2. The minimum atomic E-state index is -4.43. The van der Waals surface area contributed by atoms with Gasteiger partial charge in [-0.2, -0.15) is 13.2 Å². The molecule has 0 saturated carbocycles. The van der Waals surface area contributed by atoms with Crippen LogP contribution >= 0.6 is 0 Å². The average Bonchev–Trinajstić information content (AvgIpc) is 2.71. The van der Waals surface area contributed by atoms with Crippen molar-refractivity contribution in [3.05, 3.63) is 64.7 Å². The van der Waals surface area contributed by atoms with Gasteiger partial charge in [-0.1, -0.05) is 36.4 Å². The zero-order valence-corrected chi connectivity index (χ0v) is 17.6. The number of rotatable bonds is 5. The fourth-order valence-corrected chi connectivity index (χ4v) is 3.69. The molecule has 1 saturated heterocycles. The normalized spacial score (nSPS) is 15.1. The van der Waals surface area contributed by atoms with Crippen molar-refractivity contribution < 1.29 is 22.8 Å². The van der Waals surface area contributed by atoms with Gasteiger partial charge in [-0.3, -0.25) is 14.5 Å². The first-order chi connectivity index (χ1) is 14.6. The number of piperazine rings is 1. The number of benzene rings is 2. The van der Waals surface area contributed by atoms with E-state index in [1.165, 1.54) is 12.1 Å². The Balaban J connectivity index is 1.49. The Morgan fingerprint density at radius 2 is 1.58 bits per heavy atom. The Hall–Kier alpha value is -2.87. The Morgan fingerprint density at radius 3 is 2.19 bits per heavy atom. The number of carbonyl (C=O) groups excluding carboxylic acids is 2. The second-order valence-corrected chi connectivity index (χ2v) is 7.85. The van der Waals surface area contributed by atoms with E-state index in [2.05, 4.69) is 5.32 Å². The van der Waals surface area contributed by atoms with E-state index in [1.807, 2.05) is 36.9 Å². The number of alkyl halides is 3. The van der Waals surface area contributed by atoms with Crippen molar-refractivity contribution in [2.45, 2.75) is 26.4 Å². The van der Waals surface area contributed by atoms with Gasteiger partial charge in [0.1, 0.15) is 0 Å². The minimum absolute atomic E-state index is 0.0725. The molecular formula is C23H26F3N3O2. The number of nitrogens with one attached hydrogen (secondary N) is 1. The van der Waals surface area contributed by atoms with Gasteiger partial charge in [0.25, 0.3) is 0 Å². The van der Waals surface area contributed by atoms with Crippen LogP contribution in [0.1, 0.15) is 22.3 Å². The molecule has 1 heterocycles. The van der Waals surface area contributed by atoms with Crippen LogP contribution in [0.15, 0.2) is 42.5 Å². The van der Waals surface area contributed by atoms with Gasteiger partial charge in [-0.25, -0.2) is 0 Å². The lowest BCUT2D eigenvalue weighted by atomic mass is 10.1. The van der Waals surface area contributed by atoms with Gasteiger partial charge in [0.05, 0.1) is 18.5 Å². The number of amides is 2. The zero-order valence-electron chi connectivity index (χ0n) is 17.6. The summed E-state index contributed by atoms with van der Waals surface area (Å²) in [4.78, 5) is 28.6. The summed E-state index contributed by atoms with van der Waals surface area (Å²) in [5.41, 5.74) is 2.41. The van der Waals surface area contributed by atoms with Gasteiger partial charge in [0.15, 0.2) is 0 Å². The van der Waals surface area contributed by atoms with E-state index < -0.39 is 11.7 Å². The molecule has 1 fully saturated rings. The molecule has 2 aromatic rings. The number of anilines is 1. The summed E-state index contributed by atoms with van der Waals surface area (Å²) in [6.07, 6.45) is -4.50. The summed E-state index contributed by atoms with van der Waals surface area (Å²) in [6.45, 7) is 6.06. The van der Waals surface area contributed by atoms with Crippen LogP contribution in [-0.2, 0) is 22.2 Å². The number of hydrogen-bond acceptors (Lipinski definition) is 3. The molecule has 166 valence electrons. The van der Waals surface area contributed by atoms with E-state index in [0.29, 0.717) is 31.7 Å². The van der Waals surface area contributed by atoms with Crippen LogP contribution in [0.5, 0.6) is 0 Å².